The minimum atomic E-state index is -4.75. The first-order valence-electron chi connectivity index (χ1n) is 23.7. The van der Waals surface area contributed by atoms with Crippen LogP contribution in [-0.4, -0.2) is 96.4 Å². The molecule has 1 amide bonds. The van der Waals surface area contributed by atoms with Gasteiger partial charge in [0.25, 0.3) is 27.6 Å². The van der Waals surface area contributed by atoms with Crippen molar-refractivity contribution in [2.75, 3.05) is 49.7 Å². The number of ether oxygens (including phenoxy) is 3. The van der Waals surface area contributed by atoms with Crippen molar-refractivity contribution in [2.45, 2.75) is 107 Å². The molecule has 0 unspecified atom stereocenters. The van der Waals surface area contributed by atoms with Gasteiger partial charge in [-0.3, -0.25) is 19.8 Å². The van der Waals surface area contributed by atoms with Gasteiger partial charge in [-0.15, -0.1) is 0 Å². The standard InChI is InChI=1S/C50H58FN7O9S/c1-30(2)36-6-4-5-7-37(36)41-29-65-21-20-57(41)34-26-50(27-34)15-18-56(19-16-50)33-8-9-38(42(23-33)67-44-22-32-12-17-52-47(32)54-46(44)51)48(59)55-68(63,64)35-24-40(58(61)62)45-43(25-35)66-28-39(53-45)31-10-13-49(3,60)14-11-31/h4-9,12,17,22-25,30-31,34,39,41,53,60H,10-11,13-16,18-21,26-29H2,1-3H3,(H,52,54)(H,55,59)/t31?,39-,41+,49?/m1/s1. The second-order valence-electron chi connectivity index (χ2n) is 20.0. The van der Waals surface area contributed by atoms with Gasteiger partial charge in [0.2, 0.25) is 0 Å². The molecule has 5 heterocycles. The molecule has 3 aliphatic heterocycles. The number of nitrogens with zero attached hydrogens (tertiary/aromatic N) is 4. The molecule has 360 valence electrons. The zero-order chi connectivity index (χ0) is 47.5. The fourth-order valence-corrected chi connectivity index (χ4v) is 12.3. The number of piperidine rings is 1. The van der Waals surface area contributed by atoms with Gasteiger partial charge >= 0.3 is 0 Å². The van der Waals surface area contributed by atoms with Crippen LogP contribution in [0.1, 0.15) is 106 Å². The maximum absolute atomic E-state index is 15.5. The summed E-state index contributed by atoms with van der Waals surface area (Å²) in [5.74, 6) is -1.95. The quantitative estimate of drug-likeness (QED) is 0.0558. The molecule has 68 heavy (non-hydrogen) atoms. The van der Waals surface area contributed by atoms with Crippen molar-refractivity contribution < 1.29 is 41.8 Å². The number of sulfonamides is 1. The number of H-pyrrole nitrogens is 1. The molecular formula is C50H58FN7O9S. The third-order valence-corrected chi connectivity index (χ3v) is 16.6. The summed E-state index contributed by atoms with van der Waals surface area (Å²) < 4.78 is 63.6. The second kappa shape index (κ2) is 17.9. The molecule has 0 radical (unpaired) electrons. The molecular weight excluding hydrogens is 894 g/mol. The van der Waals surface area contributed by atoms with E-state index >= 15 is 4.39 Å². The zero-order valence-electron chi connectivity index (χ0n) is 38.5. The highest BCUT2D eigenvalue weighted by Gasteiger charge is 2.50. The lowest BCUT2D eigenvalue weighted by Crippen LogP contribution is -2.58. The lowest BCUT2D eigenvalue weighted by molar-refractivity contribution is -0.384. The monoisotopic (exact) mass is 951 g/mol. The summed E-state index contributed by atoms with van der Waals surface area (Å²) in [6.07, 6.45) is 8.25. The van der Waals surface area contributed by atoms with Crippen LogP contribution in [0.5, 0.6) is 17.2 Å². The van der Waals surface area contributed by atoms with Crippen LogP contribution >= 0.6 is 0 Å². The molecule has 2 aromatic heterocycles. The Morgan fingerprint density at radius 1 is 1.01 bits per heavy atom. The van der Waals surface area contributed by atoms with Crippen LogP contribution in [0.2, 0.25) is 0 Å². The molecule has 2 saturated heterocycles. The van der Waals surface area contributed by atoms with Gasteiger partial charge < -0.3 is 34.5 Å². The Balaban J connectivity index is 0.867. The predicted molar refractivity (Wildman–Crippen MR) is 254 cm³/mol. The number of benzene rings is 3. The van der Waals surface area contributed by atoms with E-state index in [1.165, 1.54) is 23.3 Å². The average molecular weight is 952 g/mol. The van der Waals surface area contributed by atoms with Gasteiger partial charge in [0, 0.05) is 61.1 Å². The Hall–Kier alpha value is -5.82. The van der Waals surface area contributed by atoms with E-state index in [1.807, 2.05) is 0 Å². The molecule has 0 bridgehead atoms. The number of aromatic amines is 1. The van der Waals surface area contributed by atoms with Crippen molar-refractivity contribution in [3.8, 4) is 17.2 Å². The lowest BCUT2D eigenvalue weighted by atomic mass is 9.59. The number of aromatic nitrogens is 2. The molecule has 4 N–H and O–H groups in total. The number of nitro benzene ring substituents is 1. The maximum atomic E-state index is 15.5. The Kier molecular flexibility index (Phi) is 12.1. The van der Waals surface area contributed by atoms with Gasteiger partial charge in [0.15, 0.2) is 17.2 Å². The highest BCUT2D eigenvalue weighted by molar-refractivity contribution is 7.90. The van der Waals surface area contributed by atoms with Crippen LogP contribution in [0, 0.1) is 27.4 Å². The Morgan fingerprint density at radius 2 is 1.78 bits per heavy atom. The molecule has 5 aliphatic rings. The van der Waals surface area contributed by atoms with E-state index in [9.17, 15) is 28.4 Å². The number of pyridine rings is 1. The molecule has 10 rings (SSSR count). The zero-order valence-corrected chi connectivity index (χ0v) is 39.3. The summed E-state index contributed by atoms with van der Waals surface area (Å²) in [5, 5.41) is 26.6. The maximum Gasteiger partial charge on any atom is 0.297 e. The number of morpholine rings is 1. The van der Waals surface area contributed by atoms with Crippen molar-refractivity contribution >= 4 is 44.0 Å². The van der Waals surface area contributed by atoms with Crippen molar-refractivity contribution in [2.24, 2.45) is 11.3 Å². The number of anilines is 2. The highest BCUT2D eigenvalue weighted by atomic mass is 32.2. The average Bonchev–Trinajstić information content (AvgIpc) is 3.77. The van der Waals surface area contributed by atoms with Crippen LogP contribution in [0.25, 0.3) is 11.0 Å². The number of halogens is 1. The normalized spacial score (nSPS) is 24.2. The van der Waals surface area contributed by atoms with Gasteiger partial charge in [-0.25, -0.2) is 13.1 Å². The number of hydrogen-bond acceptors (Lipinski definition) is 13. The molecule has 16 nitrogen and oxygen atoms in total. The van der Waals surface area contributed by atoms with E-state index in [0.717, 1.165) is 64.1 Å². The molecule has 2 atom stereocenters. The van der Waals surface area contributed by atoms with E-state index in [0.29, 0.717) is 61.0 Å². The van der Waals surface area contributed by atoms with Crippen LogP contribution in [0.4, 0.5) is 21.5 Å². The number of aliphatic hydroxyl groups is 1. The predicted octanol–water partition coefficient (Wildman–Crippen LogP) is 8.58. The molecule has 4 fully saturated rings. The first kappa shape index (κ1) is 45.9. The molecule has 1 spiro atoms. The number of rotatable bonds is 11. The van der Waals surface area contributed by atoms with Gasteiger partial charge in [-0.1, -0.05) is 38.1 Å². The largest absolute Gasteiger partial charge is 0.489 e. The molecule has 2 saturated carbocycles. The van der Waals surface area contributed by atoms with Crippen LogP contribution in [0.15, 0.2) is 77.8 Å². The summed E-state index contributed by atoms with van der Waals surface area (Å²) in [6, 6.07) is 19.1. The molecule has 3 aromatic carbocycles. The van der Waals surface area contributed by atoms with E-state index in [1.54, 1.807) is 31.3 Å². The fourth-order valence-electron chi connectivity index (χ4n) is 11.3. The number of hydrogen-bond donors (Lipinski definition) is 4. The first-order chi connectivity index (χ1) is 32.6. The van der Waals surface area contributed by atoms with Gasteiger partial charge in [0.1, 0.15) is 18.0 Å². The van der Waals surface area contributed by atoms with E-state index < -0.39 is 43.0 Å². The van der Waals surface area contributed by atoms with Crippen molar-refractivity contribution in [3.63, 3.8) is 0 Å². The van der Waals surface area contributed by atoms with E-state index in [-0.39, 0.29) is 58.5 Å². The van der Waals surface area contributed by atoms with Gasteiger partial charge in [-0.2, -0.15) is 9.37 Å². The summed E-state index contributed by atoms with van der Waals surface area (Å²) in [6.45, 7) is 10.2. The second-order valence-corrected chi connectivity index (χ2v) is 21.7. The molecule has 2 aliphatic carbocycles. The minimum Gasteiger partial charge on any atom is -0.489 e. The number of carbonyl (C=O) groups excluding carboxylic acids is 1. The molecule has 5 aromatic rings. The number of fused-ring (bicyclic) bond motifs is 2. The third-order valence-electron chi connectivity index (χ3n) is 15.2. The van der Waals surface area contributed by atoms with Crippen LogP contribution < -0.4 is 24.4 Å². The number of nitrogens with one attached hydrogen (secondary N) is 3. The Bertz CT molecular complexity index is 2850. The number of nitro groups is 1. The van der Waals surface area contributed by atoms with Crippen molar-refractivity contribution in [1.82, 2.24) is 19.6 Å². The molecule has 18 heteroatoms. The van der Waals surface area contributed by atoms with Crippen LogP contribution in [-0.2, 0) is 14.8 Å². The van der Waals surface area contributed by atoms with Crippen molar-refractivity contribution in [1.29, 1.82) is 0 Å². The third kappa shape index (κ3) is 8.98. The fraction of sp³-hybridized carbons (Fsp3) is 0.480. The lowest BCUT2D eigenvalue weighted by Gasteiger charge is -2.57. The Morgan fingerprint density at radius 3 is 2.53 bits per heavy atom. The SMILES string of the molecule is CC(C)c1ccccc1[C@@H]1COCCN1C1CC2(CCN(c3ccc(C(=O)NS(=O)(=O)c4cc5c(c([N+](=O)[O-])c4)N[C@@H](C4CCC(C)(O)CC4)CO5)c(Oc4cc5cc[nH]c5nc4F)c3)CC2)C1. The summed E-state index contributed by atoms with van der Waals surface area (Å²) in [4.78, 5) is 36.9. The summed E-state index contributed by atoms with van der Waals surface area (Å²) in [5.41, 5.74) is 2.47. The van der Waals surface area contributed by atoms with Gasteiger partial charge in [0.05, 0.1) is 46.3 Å². The Labute approximate surface area is 394 Å². The van der Waals surface area contributed by atoms with E-state index in [2.05, 4.69) is 67.9 Å². The minimum absolute atomic E-state index is 0.0407. The van der Waals surface area contributed by atoms with Crippen LogP contribution in [0.3, 0.4) is 0 Å². The summed E-state index contributed by atoms with van der Waals surface area (Å²) in [7, 11) is -4.75. The van der Waals surface area contributed by atoms with E-state index in [4.69, 9.17) is 14.2 Å². The number of carbonyl (C=O) groups is 1. The first-order valence-corrected chi connectivity index (χ1v) is 25.2. The number of amides is 1. The smallest absolute Gasteiger partial charge is 0.297 e. The van der Waals surface area contributed by atoms with Crippen molar-refractivity contribution in [3.05, 3.63) is 106 Å². The topological polar surface area (TPSA) is 201 Å². The van der Waals surface area contributed by atoms with Gasteiger partial charge in [-0.05, 0) is 111 Å². The highest BCUT2D eigenvalue weighted by Crippen LogP contribution is 2.53. The summed E-state index contributed by atoms with van der Waals surface area (Å²) >= 11 is 0.